The zero-order valence-corrected chi connectivity index (χ0v) is 20.3. The van der Waals surface area contributed by atoms with Crippen LogP contribution in [0.5, 0.6) is 11.5 Å². The smallest absolute Gasteiger partial charge is 0.261 e. The Morgan fingerprint density at radius 1 is 0.750 bits per heavy atom. The van der Waals surface area contributed by atoms with Crippen LogP contribution in [0.3, 0.4) is 0 Å². The lowest BCUT2D eigenvalue weighted by molar-refractivity contribution is 0.304. The number of hydrogen-bond acceptors (Lipinski definition) is 4. The molecule has 1 heterocycles. The molecule has 0 radical (unpaired) electrons. The molecule has 0 fully saturated rings. The van der Waals surface area contributed by atoms with Crippen LogP contribution in [-0.4, -0.2) is 23.3 Å². The fraction of sp³-hybridized carbons (Fsp3) is 0.161. The van der Waals surface area contributed by atoms with Crippen LogP contribution in [0.2, 0.25) is 0 Å². The second-order valence-corrected chi connectivity index (χ2v) is 8.56. The quantitative estimate of drug-likeness (QED) is 0.225. The van der Waals surface area contributed by atoms with Gasteiger partial charge in [-0.05, 0) is 60.9 Å². The molecular formula is C31H28N2O3. The number of fused-ring (bicyclic) bond motifs is 1. The van der Waals surface area contributed by atoms with Crippen LogP contribution in [0.15, 0.2) is 108 Å². The van der Waals surface area contributed by atoms with Gasteiger partial charge in [0, 0.05) is 17.7 Å². The highest BCUT2D eigenvalue weighted by molar-refractivity contribution is 5.79. The van der Waals surface area contributed by atoms with E-state index in [-0.39, 0.29) is 5.56 Å². The molecule has 180 valence electrons. The molecule has 0 aliphatic carbocycles. The topological polar surface area (TPSA) is 53.3 Å². The average Bonchev–Trinajstić information content (AvgIpc) is 2.94. The average molecular weight is 477 g/mol. The van der Waals surface area contributed by atoms with Crippen LogP contribution < -0.4 is 15.0 Å². The number of unbranched alkanes of at least 4 members (excludes halogenated alkanes) is 1. The predicted molar refractivity (Wildman–Crippen MR) is 145 cm³/mol. The summed E-state index contributed by atoms with van der Waals surface area (Å²) in [5.41, 5.74) is 3.76. The Morgan fingerprint density at radius 2 is 1.47 bits per heavy atom. The number of nitrogens with zero attached hydrogens (tertiary/aromatic N) is 2. The third-order valence-electron chi connectivity index (χ3n) is 6.22. The van der Waals surface area contributed by atoms with E-state index in [1.54, 1.807) is 11.7 Å². The van der Waals surface area contributed by atoms with Crippen molar-refractivity contribution in [3.05, 3.63) is 113 Å². The minimum atomic E-state index is -0.0261. The molecule has 0 unspecified atom stereocenters. The van der Waals surface area contributed by atoms with Crippen molar-refractivity contribution in [1.82, 2.24) is 9.55 Å². The molecule has 0 bridgehead atoms. The molecule has 0 atom stereocenters. The number of aromatic nitrogens is 2. The Morgan fingerprint density at radius 3 is 2.28 bits per heavy atom. The van der Waals surface area contributed by atoms with Crippen molar-refractivity contribution in [2.45, 2.75) is 19.4 Å². The van der Waals surface area contributed by atoms with Crippen molar-refractivity contribution in [3.8, 4) is 34.0 Å². The van der Waals surface area contributed by atoms with Gasteiger partial charge < -0.3 is 9.47 Å². The van der Waals surface area contributed by atoms with E-state index in [4.69, 9.17) is 14.5 Å². The third-order valence-corrected chi connectivity index (χ3v) is 6.22. The summed E-state index contributed by atoms with van der Waals surface area (Å²) in [6, 6.07) is 33.5. The molecule has 0 amide bonds. The monoisotopic (exact) mass is 476 g/mol. The molecular weight excluding hydrogens is 448 g/mol. The van der Waals surface area contributed by atoms with E-state index < -0.39 is 0 Å². The minimum absolute atomic E-state index is 0.0261. The van der Waals surface area contributed by atoms with Crippen molar-refractivity contribution < 1.29 is 9.47 Å². The maximum Gasteiger partial charge on any atom is 0.261 e. The lowest BCUT2D eigenvalue weighted by Gasteiger charge is -2.15. The van der Waals surface area contributed by atoms with Gasteiger partial charge in [-0.15, -0.1) is 0 Å². The van der Waals surface area contributed by atoms with Crippen molar-refractivity contribution in [2.24, 2.45) is 0 Å². The summed E-state index contributed by atoms with van der Waals surface area (Å²) in [7, 11) is 1.64. The maximum absolute atomic E-state index is 13.4. The van der Waals surface area contributed by atoms with Crippen LogP contribution in [0.4, 0.5) is 0 Å². The van der Waals surface area contributed by atoms with E-state index in [1.807, 2.05) is 84.9 Å². The Balaban J connectivity index is 1.32. The number of rotatable bonds is 9. The largest absolute Gasteiger partial charge is 0.497 e. The van der Waals surface area contributed by atoms with Gasteiger partial charge in [0.25, 0.3) is 5.56 Å². The Bertz CT molecular complexity index is 1510. The predicted octanol–water partition coefficient (Wildman–Crippen LogP) is 6.60. The number of benzene rings is 4. The summed E-state index contributed by atoms with van der Waals surface area (Å²) >= 11 is 0. The Hall–Kier alpha value is -4.38. The van der Waals surface area contributed by atoms with Gasteiger partial charge in [-0.2, -0.15) is 0 Å². The van der Waals surface area contributed by atoms with Gasteiger partial charge in [0.05, 0.1) is 24.6 Å². The molecule has 5 rings (SSSR count). The van der Waals surface area contributed by atoms with E-state index in [1.165, 1.54) is 0 Å². The normalized spacial score (nSPS) is 10.9. The standard InChI is InChI=1S/C31H28N2O3/c1-35-25-19-17-24(18-20-25)30-32-28-15-7-5-14-27(28)31(34)33(30)21-9-10-22-36-29-16-8-6-13-26(29)23-11-3-2-4-12-23/h2-8,11-20H,9-10,21-22H2,1H3. The maximum atomic E-state index is 13.4. The summed E-state index contributed by atoms with van der Waals surface area (Å²) in [6.07, 6.45) is 1.60. The first-order valence-electron chi connectivity index (χ1n) is 12.2. The van der Waals surface area contributed by atoms with E-state index in [2.05, 4.69) is 18.2 Å². The van der Waals surface area contributed by atoms with Crippen LogP contribution in [0, 0.1) is 0 Å². The van der Waals surface area contributed by atoms with Gasteiger partial charge in [0.1, 0.15) is 17.3 Å². The first-order chi connectivity index (χ1) is 17.7. The van der Waals surface area contributed by atoms with E-state index >= 15 is 0 Å². The molecule has 0 aliphatic rings. The van der Waals surface area contributed by atoms with Crippen LogP contribution in [0.25, 0.3) is 33.4 Å². The summed E-state index contributed by atoms with van der Waals surface area (Å²) in [5.74, 6) is 2.30. The zero-order valence-electron chi connectivity index (χ0n) is 20.3. The molecule has 4 aromatic carbocycles. The third kappa shape index (κ3) is 5.01. The fourth-order valence-corrected chi connectivity index (χ4v) is 4.34. The summed E-state index contributed by atoms with van der Waals surface area (Å²) in [6.45, 7) is 1.12. The fourth-order valence-electron chi connectivity index (χ4n) is 4.34. The summed E-state index contributed by atoms with van der Waals surface area (Å²) < 4.78 is 13.2. The zero-order chi connectivity index (χ0) is 24.7. The lowest BCUT2D eigenvalue weighted by Crippen LogP contribution is -2.24. The molecule has 5 heteroatoms. The molecule has 0 saturated heterocycles. The minimum Gasteiger partial charge on any atom is -0.497 e. The number of ether oxygens (including phenoxy) is 2. The van der Waals surface area contributed by atoms with E-state index in [0.717, 1.165) is 41.0 Å². The van der Waals surface area contributed by atoms with Gasteiger partial charge in [0.15, 0.2) is 0 Å². The highest BCUT2D eigenvalue weighted by atomic mass is 16.5. The second-order valence-electron chi connectivity index (χ2n) is 8.56. The molecule has 5 aromatic rings. The van der Waals surface area contributed by atoms with Crippen LogP contribution in [-0.2, 0) is 6.54 Å². The molecule has 1 aromatic heterocycles. The lowest BCUT2D eigenvalue weighted by atomic mass is 10.1. The Kier molecular flexibility index (Phi) is 7.08. The van der Waals surface area contributed by atoms with Crippen molar-refractivity contribution in [1.29, 1.82) is 0 Å². The SMILES string of the molecule is COc1ccc(-c2nc3ccccc3c(=O)n2CCCCOc2ccccc2-c2ccccc2)cc1. The van der Waals surface area contributed by atoms with Crippen molar-refractivity contribution >= 4 is 10.9 Å². The summed E-state index contributed by atoms with van der Waals surface area (Å²) in [4.78, 5) is 18.2. The highest BCUT2D eigenvalue weighted by Gasteiger charge is 2.13. The summed E-state index contributed by atoms with van der Waals surface area (Å²) in [5, 5.41) is 0.628. The second kappa shape index (κ2) is 10.9. The van der Waals surface area contributed by atoms with Crippen molar-refractivity contribution in [3.63, 3.8) is 0 Å². The van der Waals surface area contributed by atoms with Gasteiger partial charge >= 0.3 is 0 Å². The van der Waals surface area contributed by atoms with Crippen molar-refractivity contribution in [2.75, 3.05) is 13.7 Å². The van der Waals surface area contributed by atoms with Crippen LogP contribution >= 0.6 is 0 Å². The molecule has 36 heavy (non-hydrogen) atoms. The molecule has 5 nitrogen and oxygen atoms in total. The first kappa shape index (κ1) is 23.4. The van der Waals surface area contributed by atoms with Gasteiger partial charge in [-0.25, -0.2) is 4.98 Å². The number of para-hydroxylation sites is 2. The molecule has 0 spiro atoms. The molecule has 0 saturated carbocycles. The molecule has 0 N–H and O–H groups in total. The Labute approximate surface area is 210 Å². The number of methoxy groups -OCH3 is 1. The first-order valence-corrected chi connectivity index (χ1v) is 12.2. The highest BCUT2D eigenvalue weighted by Crippen LogP contribution is 2.29. The van der Waals surface area contributed by atoms with Crippen LogP contribution in [0.1, 0.15) is 12.8 Å². The van der Waals surface area contributed by atoms with Gasteiger partial charge in [0.2, 0.25) is 0 Å². The van der Waals surface area contributed by atoms with E-state index in [9.17, 15) is 4.79 Å². The number of hydrogen-bond donors (Lipinski definition) is 0. The van der Waals surface area contributed by atoms with Gasteiger partial charge in [-0.1, -0.05) is 60.7 Å². The van der Waals surface area contributed by atoms with E-state index in [0.29, 0.717) is 29.9 Å². The van der Waals surface area contributed by atoms with Gasteiger partial charge in [-0.3, -0.25) is 9.36 Å². The molecule has 0 aliphatic heterocycles.